The third-order valence-electron chi connectivity index (χ3n) is 4.19. The number of hydrogen-bond acceptors (Lipinski definition) is 5. The summed E-state index contributed by atoms with van der Waals surface area (Å²) in [5, 5.41) is 6.49. The summed E-state index contributed by atoms with van der Waals surface area (Å²) in [6.45, 7) is 1.84. The molecule has 32 heavy (non-hydrogen) atoms. The molecule has 170 valence electrons. The molecule has 11 heteroatoms. The Hall–Kier alpha value is -3.89. The van der Waals surface area contributed by atoms with Crippen LogP contribution in [0, 0.1) is 24.4 Å². The lowest BCUT2D eigenvalue weighted by Gasteiger charge is -2.14. The van der Waals surface area contributed by atoms with Gasteiger partial charge in [-0.2, -0.15) is 0 Å². The van der Waals surface area contributed by atoms with Crippen LogP contribution in [0.1, 0.15) is 22.8 Å². The second kappa shape index (κ2) is 10.9. The van der Waals surface area contributed by atoms with E-state index in [1.165, 1.54) is 6.92 Å². The summed E-state index contributed by atoms with van der Waals surface area (Å²) in [4.78, 5) is 47.7. The summed E-state index contributed by atoms with van der Waals surface area (Å²) in [6, 6.07) is 8.20. The molecule has 0 unspecified atom stereocenters. The van der Waals surface area contributed by atoms with Gasteiger partial charge in [-0.3, -0.25) is 19.2 Å². The highest BCUT2D eigenvalue weighted by Gasteiger charge is 2.20. The second-order valence-electron chi connectivity index (χ2n) is 6.62. The number of ether oxygens (including phenoxy) is 1. The lowest BCUT2D eigenvalue weighted by atomic mass is 10.1. The minimum absolute atomic E-state index is 0.384. The van der Waals surface area contributed by atoms with E-state index in [9.17, 15) is 32.3 Å². The van der Waals surface area contributed by atoms with Gasteiger partial charge in [0.1, 0.15) is 6.54 Å². The Morgan fingerprint density at radius 2 is 1.62 bits per heavy atom. The molecular weight excluding hydrogens is 431 g/mol. The van der Waals surface area contributed by atoms with Crippen LogP contribution in [0.3, 0.4) is 0 Å². The molecule has 0 aliphatic carbocycles. The SMILES string of the molecule is Cc1ccccc1C(=O)NCC(=O)O[C@@H](C)C(=O)NCC(=O)Nc1ccc(F)c(F)c1F. The van der Waals surface area contributed by atoms with Gasteiger partial charge in [0.25, 0.3) is 11.8 Å². The van der Waals surface area contributed by atoms with Crippen molar-refractivity contribution in [2.24, 2.45) is 0 Å². The van der Waals surface area contributed by atoms with Crippen LogP contribution in [0.15, 0.2) is 36.4 Å². The zero-order valence-electron chi connectivity index (χ0n) is 17.1. The Labute approximate surface area is 181 Å². The van der Waals surface area contributed by atoms with Crippen LogP contribution in [0.2, 0.25) is 0 Å². The van der Waals surface area contributed by atoms with E-state index >= 15 is 0 Å². The summed E-state index contributed by atoms with van der Waals surface area (Å²) in [5.41, 5.74) is 0.495. The zero-order chi connectivity index (χ0) is 23.8. The number of benzene rings is 2. The van der Waals surface area contributed by atoms with Crippen molar-refractivity contribution in [2.75, 3.05) is 18.4 Å². The lowest BCUT2D eigenvalue weighted by molar-refractivity contribution is -0.153. The van der Waals surface area contributed by atoms with Crippen molar-refractivity contribution in [3.8, 4) is 0 Å². The zero-order valence-corrected chi connectivity index (χ0v) is 17.1. The summed E-state index contributed by atoms with van der Waals surface area (Å²) in [5.74, 6) is -7.89. The van der Waals surface area contributed by atoms with Gasteiger partial charge in [-0.25, -0.2) is 13.2 Å². The molecule has 0 aliphatic rings. The predicted molar refractivity (Wildman–Crippen MR) is 107 cm³/mol. The van der Waals surface area contributed by atoms with E-state index < -0.39 is 66.0 Å². The molecule has 0 bridgehead atoms. The number of halogens is 3. The van der Waals surface area contributed by atoms with E-state index in [0.717, 1.165) is 6.07 Å². The molecule has 0 saturated carbocycles. The first kappa shape index (κ1) is 24.4. The standard InChI is InChI=1S/C21H20F3N3O5/c1-11-5-3-4-6-13(11)21(31)26-10-17(29)32-12(2)20(30)25-9-16(28)27-15-8-7-14(22)18(23)19(15)24/h3-8,12H,9-10H2,1-2H3,(H,25,30)(H,26,31)(H,27,28)/t12-/m0/s1. The quantitative estimate of drug-likeness (QED) is 0.419. The summed E-state index contributed by atoms with van der Waals surface area (Å²) in [7, 11) is 0. The fraction of sp³-hybridized carbons (Fsp3) is 0.238. The van der Waals surface area contributed by atoms with E-state index in [0.29, 0.717) is 17.2 Å². The fourth-order valence-electron chi connectivity index (χ4n) is 2.50. The van der Waals surface area contributed by atoms with Gasteiger partial charge < -0.3 is 20.7 Å². The van der Waals surface area contributed by atoms with Crippen LogP contribution in [-0.2, 0) is 19.1 Å². The summed E-state index contributed by atoms with van der Waals surface area (Å²) < 4.78 is 44.5. The predicted octanol–water partition coefficient (Wildman–Crippen LogP) is 1.83. The van der Waals surface area contributed by atoms with E-state index in [-0.39, 0.29) is 0 Å². The number of nitrogens with one attached hydrogen (secondary N) is 3. The van der Waals surface area contributed by atoms with Gasteiger partial charge >= 0.3 is 5.97 Å². The number of aryl methyl sites for hydroxylation is 1. The molecule has 0 aliphatic heterocycles. The van der Waals surface area contributed by atoms with Crippen LogP contribution < -0.4 is 16.0 Å². The van der Waals surface area contributed by atoms with Crippen molar-refractivity contribution in [2.45, 2.75) is 20.0 Å². The molecule has 2 aromatic rings. The molecule has 8 nitrogen and oxygen atoms in total. The number of carbonyl (C=O) groups excluding carboxylic acids is 4. The molecule has 0 fully saturated rings. The Morgan fingerprint density at radius 1 is 0.938 bits per heavy atom. The summed E-state index contributed by atoms with van der Waals surface area (Å²) >= 11 is 0. The number of amides is 3. The van der Waals surface area contributed by atoms with Crippen molar-refractivity contribution in [1.29, 1.82) is 0 Å². The average Bonchev–Trinajstić information content (AvgIpc) is 2.76. The first-order valence-electron chi connectivity index (χ1n) is 9.34. The third kappa shape index (κ3) is 6.56. The number of anilines is 1. The van der Waals surface area contributed by atoms with Gasteiger partial charge in [-0.15, -0.1) is 0 Å². The summed E-state index contributed by atoms with van der Waals surface area (Å²) in [6.07, 6.45) is -1.30. The second-order valence-corrected chi connectivity index (χ2v) is 6.62. The van der Waals surface area contributed by atoms with Crippen LogP contribution in [-0.4, -0.2) is 42.9 Å². The van der Waals surface area contributed by atoms with Crippen molar-refractivity contribution in [1.82, 2.24) is 10.6 Å². The highest BCUT2D eigenvalue weighted by molar-refractivity contribution is 5.97. The van der Waals surface area contributed by atoms with Crippen LogP contribution >= 0.6 is 0 Å². The lowest BCUT2D eigenvalue weighted by Crippen LogP contribution is -2.41. The number of esters is 1. The molecule has 1 atom stereocenters. The van der Waals surface area contributed by atoms with Crippen LogP contribution in [0.4, 0.5) is 18.9 Å². The minimum atomic E-state index is -1.75. The van der Waals surface area contributed by atoms with Crippen LogP contribution in [0.5, 0.6) is 0 Å². The normalized spacial score (nSPS) is 11.3. The monoisotopic (exact) mass is 451 g/mol. The molecule has 2 rings (SSSR count). The molecule has 2 aromatic carbocycles. The maximum atomic E-state index is 13.5. The van der Waals surface area contributed by atoms with Gasteiger partial charge in [-0.1, -0.05) is 18.2 Å². The van der Waals surface area contributed by atoms with Gasteiger partial charge in [0, 0.05) is 5.56 Å². The van der Waals surface area contributed by atoms with Crippen molar-refractivity contribution < 1.29 is 37.1 Å². The molecule has 3 amide bonds. The molecule has 0 aromatic heterocycles. The van der Waals surface area contributed by atoms with Crippen LogP contribution in [0.25, 0.3) is 0 Å². The number of rotatable bonds is 8. The van der Waals surface area contributed by atoms with Crippen molar-refractivity contribution in [3.63, 3.8) is 0 Å². The Kier molecular flexibility index (Phi) is 8.33. The molecular formula is C21H20F3N3O5. The van der Waals surface area contributed by atoms with Gasteiger partial charge in [0.15, 0.2) is 23.6 Å². The maximum absolute atomic E-state index is 13.5. The van der Waals surface area contributed by atoms with Gasteiger partial charge in [-0.05, 0) is 37.6 Å². The molecule has 3 N–H and O–H groups in total. The highest BCUT2D eigenvalue weighted by Crippen LogP contribution is 2.19. The molecule has 0 heterocycles. The number of carbonyl (C=O) groups is 4. The van der Waals surface area contributed by atoms with Gasteiger partial charge in [0.2, 0.25) is 5.91 Å². The van der Waals surface area contributed by atoms with E-state index in [4.69, 9.17) is 4.74 Å². The highest BCUT2D eigenvalue weighted by atomic mass is 19.2. The van der Waals surface area contributed by atoms with E-state index in [1.54, 1.807) is 31.2 Å². The fourth-order valence-corrected chi connectivity index (χ4v) is 2.50. The maximum Gasteiger partial charge on any atom is 0.326 e. The minimum Gasteiger partial charge on any atom is -0.451 e. The Bertz CT molecular complexity index is 1050. The Morgan fingerprint density at radius 3 is 2.31 bits per heavy atom. The molecule has 0 spiro atoms. The first-order chi connectivity index (χ1) is 15.1. The van der Waals surface area contributed by atoms with E-state index in [1.807, 2.05) is 5.32 Å². The van der Waals surface area contributed by atoms with Crippen molar-refractivity contribution in [3.05, 3.63) is 65.0 Å². The molecule has 0 saturated heterocycles. The van der Waals surface area contributed by atoms with E-state index in [2.05, 4.69) is 10.6 Å². The third-order valence-corrected chi connectivity index (χ3v) is 4.19. The largest absolute Gasteiger partial charge is 0.451 e. The van der Waals surface area contributed by atoms with Crippen molar-refractivity contribution >= 4 is 29.4 Å². The smallest absolute Gasteiger partial charge is 0.326 e. The first-order valence-corrected chi connectivity index (χ1v) is 9.34. The Balaban J connectivity index is 1.77. The van der Waals surface area contributed by atoms with Gasteiger partial charge in [0.05, 0.1) is 12.2 Å². The number of hydrogen-bond donors (Lipinski definition) is 3. The topological polar surface area (TPSA) is 114 Å². The average molecular weight is 451 g/mol. The molecule has 0 radical (unpaired) electrons.